The molecule has 0 unspecified atom stereocenters. The van der Waals surface area contributed by atoms with E-state index in [2.05, 4.69) is 25.0 Å². The highest BCUT2D eigenvalue weighted by molar-refractivity contribution is 5.76. The van der Waals surface area contributed by atoms with Crippen molar-refractivity contribution in [3.05, 3.63) is 42.4 Å². The van der Waals surface area contributed by atoms with Crippen molar-refractivity contribution < 1.29 is 4.79 Å². The van der Waals surface area contributed by atoms with Gasteiger partial charge in [-0.3, -0.25) is 4.79 Å². The Morgan fingerprint density at radius 1 is 0.867 bits per heavy atom. The van der Waals surface area contributed by atoms with Gasteiger partial charge in [-0.1, -0.05) is 6.07 Å². The molecule has 3 aromatic rings. The molecule has 3 aromatic heterocycles. The quantitative estimate of drug-likeness (QED) is 0.633. The first kappa shape index (κ1) is 18.8. The highest BCUT2D eigenvalue weighted by atomic mass is 16.2. The summed E-state index contributed by atoms with van der Waals surface area (Å²) >= 11 is 0. The number of pyridine rings is 1. The van der Waals surface area contributed by atoms with Crippen LogP contribution in [0, 0.1) is 0 Å². The third-order valence-electron chi connectivity index (χ3n) is 5.91. The van der Waals surface area contributed by atoms with Crippen LogP contribution in [0.5, 0.6) is 0 Å². The van der Waals surface area contributed by atoms with Gasteiger partial charge >= 0.3 is 0 Å². The molecule has 0 spiro atoms. The number of hydrogen-bond acceptors (Lipinski definition) is 7. The van der Waals surface area contributed by atoms with E-state index in [0.29, 0.717) is 25.9 Å². The van der Waals surface area contributed by atoms with Crippen molar-refractivity contribution in [2.75, 3.05) is 49.1 Å². The van der Waals surface area contributed by atoms with Crippen LogP contribution in [-0.2, 0) is 11.2 Å². The largest absolute Gasteiger partial charge is 0.355 e. The molecule has 1 amide bonds. The molecule has 9 nitrogen and oxygen atoms in total. The minimum absolute atomic E-state index is 0.156. The normalized spacial score (nSPS) is 17.1. The van der Waals surface area contributed by atoms with Crippen LogP contribution in [0.3, 0.4) is 0 Å². The molecule has 9 heteroatoms. The Balaban J connectivity index is 1.19. The fourth-order valence-corrected chi connectivity index (χ4v) is 4.20. The van der Waals surface area contributed by atoms with Gasteiger partial charge in [-0.15, -0.1) is 15.3 Å². The van der Waals surface area contributed by atoms with Gasteiger partial charge < -0.3 is 14.7 Å². The lowest BCUT2D eigenvalue weighted by molar-refractivity contribution is -0.131. The molecular weight excluding hydrogens is 380 g/mol. The zero-order valence-corrected chi connectivity index (χ0v) is 17.0. The van der Waals surface area contributed by atoms with Gasteiger partial charge in [0.15, 0.2) is 11.5 Å². The molecule has 2 aliphatic heterocycles. The van der Waals surface area contributed by atoms with Gasteiger partial charge in [-0.2, -0.15) is 4.52 Å². The highest BCUT2D eigenvalue weighted by Gasteiger charge is 2.22. The maximum Gasteiger partial charge on any atom is 0.223 e. The summed E-state index contributed by atoms with van der Waals surface area (Å²) in [4.78, 5) is 23.6. The third-order valence-corrected chi connectivity index (χ3v) is 5.91. The Bertz CT molecular complexity index is 1010. The first-order chi connectivity index (χ1) is 14.8. The molecule has 0 radical (unpaired) electrons. The van der Waals surface area contributed by atoms with Crippen molar-refractivity contribution in [1.29, 1.82) is 0 Å². The number of rotatable bonds is 5. The average Bonchev–Trinajstić information content (AvgIpc) is 3.48. The van der Waals surface area contributed by atoms with E-state index in [0.717, 1.165) is 49.3 Å². The van der Waals surface area contributed by atoms with E-state index in [1.165, 1.54) is 12.8 Å². The van der Waals surface area contributed by atoms with E-state index in [1.54, 1.807) is 10.7 Å². The van der Waals surface area contributed by atoms with E-state index < -0.39 is 0 Å². The summed E-state index contributed by atoms with van der Waals surface area (Å²) in [6.45, 7) is 5.12. The van der Waals surface area contributed by atoms with Crippen LogP contribution >= 0.6 is 0 Å². The summed E-state index contributed by atoms with van der Waals surface area (Å²) in [7, 11) is 0. The zero-order chi connectivity index (χ0) is 20.3. The lowest BCUT2D eigenvalue weighted by atomic mass is 10.2. The molecule has 156 valence electrons. The number of carbonyl (C=O) groups excluding carboxylic acids is 1. The number of carbonyl (C=O) groups is 1. The van der Waals surface area contributed by atoms with Gasteiger partial charge in [0.1, 0.15) is 11.6 Å². The summed E-state index contributed by atoms with van der Waals surface area (Å²) in [5.41, 5.74) is 0.726. The van der Waals surface area contributed by atoms with Crippen molar-refractivity contribution in [2.24, 2.45) is 0 Å². The molecule has 5 heterocycles. The van der Waals surface area contributed by atoms with E-state index >= 15 is 0 Å². The SMILES string of the molecule is O=C(CCc1nnc2ccc(N3CCCC3)nn12)N1CCN(c2ccccn2)CC1. The molecule has 0 bridgehead atoms. The van der Waals surface area contributed by atoms with E-state index in [1.807, 2.05) is 35.2 Å². The second-order valence-electron chi connectivity index (χ2n) is 7.83. The fourth-order valence-electron chi connectivity index (χ4n) is 4.20. The Kier molecular flexibility index (Phi) is 5.17. The summed E-state index contributed by atoms with van der Waals surface area (Å²) in [6.07, 6.45) is 5.17. The van der Waals surface area contributed by atoms with Crippen molar-refractivity contribution in [3.8, 4) is 0 Å². The average molecular weight is 406 g/mol. The van der Waals surface area contributed by atoms with Crippen LogP contribution < -0.4 is 9.80 Å². The number of aromatic nitrogens is 5. The van der Waals surface area contributed by atoms with Crippen LogP contribution in [-0.4, -0.2) is 74.9 Å². The molecule has 2 aliphatic rings. The lowest BCUT2D eigenvalue weighted by Gasteiger charge is -2.35. The molecule has 0 aliphatic carbocycles. The first-order valence-electron chi connectivity index (χ1n) is 10.7. The molecule has 0 saturated carbocycles. The number of nitrogens with zero attached hydrogens (tertiary/aromatic N) is 8. The number of fused-ring (bicyclic) bond motifs is 1. The zero-order valence-electron chi connectivity index (χ0n) is 17.0. The molecule has 2 fully saturated rings. The van der Waals surface area contributed by atoms with Gasteiger partial charge in [-0.05, 0) is 37.1 Å². The Labute approximate surface area is 175 Å². The second-order valence-corrected chi connectivity index (χ2v) is 7.83. The number of amides is 1. The van der Waals surface area contributed by atoms with Crippen molar-refractivity contribution in [2.45, 2.75) is 25.7 Å². The van der Waals surface area contributed by atoms with Gasteiger partial charge in [0.05, 0.1) is 0 Å². The number of hydrogen-bond donors (Lipinski definition) is 0. The smallest absolute Gasteiger partial charge is 0.223 e. The monoisotopic (exact) mass is 406 g/mol. The standard InChI is InChI=1S/C21H26N8O/c30-21(28-15-13-27(14-16-28)17-5-1-2-10-22-17)9-8-19-24-23-18-6-7-20(25-29(18)19)26-11-3-4-12-26/h1-2,5-7,10H,3-4,8-9,11-16H2. The molecule has 30 heavy (non-hydrogen) atoms. The summed E-state index contributed by atoms with van der Waals surface area (Å²) in [6, 6.07) is 9.88. The van der Waals surface area contributed by atoms with Crippen LogP contribution in [0.4, 0.5) is 11.6 Å². The Hall–Kier alpha value is -3.23. The van der Waals surface area contributed by atoms with Gasteiger partial charge in [0.25, 0.3) is 0 Å². The van der Waals surface area contributed by atoms with Crippen molar-refractivity contribution in [1.82, 2.24) is 29.7 Å². The first-order valence-corrected chi connectivity index (χ1v) is 10.7. The summed E-state index contributed by atoms with van der Waals surface area (Å²) < 4.78 is 1.79. The number of piperazine rings is 1. The molecular formula is C21H26N8O. The van der Waals surface area contributed by atoms with Crippen LogP contribution in [0.15, 0.2) is 36.5 Å². The molecule has 0 N–H and O–H groups in total. The maximum atomic E-state index is 12.8. The minimum Gasteiger partial charge on any atom is -0.355 e. The lowest BCUT2D eigenvalue weighted by Crippen LogP contribution is -2.49. The Morgan fingerprint density at radius 3 is 2.43 bits per heavy atom. The van der Waals surface area contributed by atoms with Gasteiger partial charge in [0, 0.05) is 58.3 Å². The summed E-state index contributed by atoms with van der Waals surface area (Å²) in [5, 5.41) is 13.2. The summed E-state index contributed by atoms with van der Waals surface area (Å²) in [5.74, 6) is 2.83. The molecule has 5 rings (SSSR count). The van der Waals surface area contributed by atoms with Crippen molar-refractivity contribution >= 4 is 23.2 Å². The van der Waals surface area contributed by atoms with Crippen molar-refractivity contribution in [3.63, 3.8) is 0 Å². The second kappa shape index (κ2) is 8.25. The minimum atomic E-state index is 0.156. The third kappa shape index (κ3) is 3.79. The van der Waals surface area contributed by atoms with E-state index in [-0.39, 0.29) is 5.91 Å². The van der Waals surface area contributed by atoms with Gasteiger partial charge in [0.2, 0.25) is 5.91 Å². The van der Waals surface area contributed by atoms with Crippen LogP contribution in [0.1, 0.15) is 25.1 Å². The van der Waals surface area contributed by atoms with E-state index in [4.69, 9.17) is 5.10 Å². The Morgan fingerprint density at radius 2 is 1.67 bits per heavy atom. The topological polar surface area (TPSA) is 82.8 Å². The van der Waals surface area contributed by atoms with Crippen LogP contribution in [0.2, 0.25) is 0 Å². The fraction of sp³-hybridized carbons (Fsp3) is 0.476. The number of aryl methyl sites for hydroxylation is 1. The molecule has 0 aromatic carbocycles. The maximum absolute atomic E-state index is 12.8. The predicted molar refractivity (Wildman–Crippen MR) is 114 cm³/mol. The van der Waals surface area contributed by atoms with E-state index in [9.17, 15) is 4.79 Å². The predicted octanol–water partition coefficient (Wildman–Crippen LogP) is 1.40. The number of anilines is 2. The van der Waals surface area contributed by atoms with Gasteiger partial charge in [-0.25, -0.2) is 4.98 Å². The molecule has 0 atom stereocenters. The van der Waals surface area contributed by atoms with Crippen LogP contribution in [0.25, 0.3) is 5.65 Å². The molecule has 2 saturated heterocycles. The highest BCUT2D eigenvalue weighted by Crippen LogP contribution is 2.18.